The fourth-order valence-electron chi connectivity index (χ4n) is 3.71. The molecule has 0 radical (unpaired) electrons. The molecule has 2 heteroatoms. The largest absolute Gasteiger partial charge is 0.315 e. The highest BCUT2D eigenvalue weighted by atomic mass is 15.2. The first-order chi connectivity index (χ1) is 7.83. The third-order valence-corrected chi connectivity index (χ3v) is 4.71. The average Bonchev–Trinajstić information content (AvgIpc) is 2.85. The molecular formula is C14H28N2. The first-order valence-corrected chi connectivity index (χ1v) is 7.29. The molecule has 0 aromatic rings. The molecule has 1 saturated heterocycles. The van der Waals surface area contributed by atoms with Crippen LogP contribution >= 0.6 is 0 Å². The zero-order valence-electron chi connectivity index (χ0n) is 11.0. The van der Waals surface area contributed by atoms with Crippen LogP contribution in [0.2, 0.25) is 0 Å². The van der Waals surface area contributed by atoms with E-state index in [1.54, 1.807) is 0 Å². The molecule has 0 aromatic carbocycles. The van der Waals surface area contributed by atoms with E-state index < -0.39 is 0 Å². The van der Waals surface area contributed by atoms with Crippen molar-refractivity contribution in [1.82, 2.24) is 10.2 Å². The van der Waals surface area contributed by atoms with Crippen LogP contribution in [0.25, 0.3) is 0 Å². The van der Waals surface area contributed by atoms with E-state index in [-0.39, 0.29) is 0 Å². The van der Waals surface area contributed by atoms with Gasteiger partial charge >= 0.3 is 0 Å². The van der Waals surface area contributed by atoms with E-state index in [1.165, 1.54) is 58.2 Å². The lowest BCUT2D eigenvalue weighted by Crippen LogP contribution is -2.51. The van der Waals surface area contributed by atoms with Crippen LogP contribution in [0.3, 0.4) is 0 Å². The van der Waals surface area contributed by atoms with Gasteiger partial charge in [-0.05, 0) is 51.6 Å². The molecule has 2 rings (SSSR count). The second kappa shape index (κ2) is 6.02. The Morgan fingerprint density at radius 2 is 1.94 bits per heavy atom. The minimum atomic E-state index is 0.800. The van der Waals surface area contributed by atoms with Crippen molar-refractivity contribution in [3.05, 3.63) is 0 Å². The highest BCUT2D eigenvalue weighted by Crippen LogP contribution is 2.31. The molecule has 1 N–H and O–H groups in total. The van der Waals surface area contributed by atoms with E-state index >= 15 is 0 Å². The van der Waals surface area contributed by atoms with Crippen molar-refractivity contribution in [1.29, 1.82) is 0 Å². The Balaban J connectivity index is 1.91. The Morgan fingerprint density at radius 1 is 1.19 bits per heavy atom. The average molecular weight is 224 g/mol. The highest BCUT2D eigenvalue weighted by molar-refractivity contribution is 4.86. The molecule has 1 aliphatic carbocycles. The molecule has 94 valence electrons. The van der Waals surface area contributed by atoms with E-state index in [0.29, 0.717) is 0 Å². The Hall–Kier alpha value is -0.0800. The SMILES string of the molecule is CCN(C1CCCNC1)C(C)C1CCCC1. The smallest absolute Gasteiger partial charge is 0.0223 e. The summed E-state index contributed by atoms with van der Waals surface area (Å²) in [7, 11) is 0. The number of nitrogens with one attached hydrogen (secondary N) is 1. The molecule has 16 heavy (non-hydrogen) atoms. The van der Waals surface area contributed by atoms with Gasteiger partial charge in [0.25, 0.3) is 0 Å². The normalized spacial score (nSPS) is 29.8. The molecule has 2 unspecified atom stereocenters. The highest BCUT2D eigenvalue weighted by Gasteiger charge is 2.30. The summed E-state index contributed by atoms with van der Waals surface area (Å²) in [5, 5.41) is 3.55. The van der Waals surface area contributed by atoms with Gasteiger partial charge in [0.2, 0.25) is 0 Å². The number of nitrogens with zero attached hydrogens (tertiary/aromatic N) is 1. The topological polar surface area (TPSA) is 15.3 Å². The van der Waals surface area contributed by atoms with Crippen molar-refractivity contribution in [2.75, 3.05) is 19.6 Å². The van der Waals surface area contributed by atoms with E-state index in [1.807, 2.05) is 0 Å². The zero-order chi connectivity index (χ0) is 11.4. The van der Waals surface area contributed by atoms with Gasteiger partial charge in [0.15, 0.2) is 0 Å². The number of hydrogen-bond donors (Lipinski definition) is 1. The summed E-state index contributed by atoms with van der Waals surface area (Å²) in [6.45, 7) is 8.47. The van der Waals surface area contributed by atoms with Crippen molar-refractivity contribution >= 4 is 0 Å². The van der Waals surface area contributed by atoms with Gasteiger partial charge in [-0.3, -0.25) is 4.90 Å². The van der Waals surface area contributed by atoms with Crippen LogP contribution in [0.5, 0.6) is 0 Å². The van der Waals surface area contributed by atoms with Crippen molar-refractivity contribution in [2.45, 2.75) is 64.5 Å². The summed E-state index contributed by atoms with van der Waals surface area (Å²) >= 11 is 0. The Kier molecular flexibility index (Phi) is 4.66. The molecule has 1 aliphatic heterocycles. The molecule has 0 amide bonds. The summed E-state index contributed by atoms with van der Waals surface area (Å²) in [5.41, 5.74) is 0. The number of rotatable bonds is 4. The van der Waals surface area contributed by atoms with Gasteiger partial charge in [0.1, 0.15) is 0 Å². The quantitative estimate of drug-likeness (QED) is 0.790. The van der Waals surface area contributed by atoms with E-state index in [9.17, 15) is 0 Å². The Bertz CT molecular complexity index is 193. The van der Waals surface area contributed by atoms with Gasteiger partial charge in [-0.25, -0.2) is 0 Å². The lowest BCUT2D eigenvalue weighted by Gasteiger charge is -2.40. The summed E-state index contributed by atoms with van der Waals surface area (Å²) in [4.78, 5) is 2.77. The second-order valence-electron chi connectivity index (χ2n) is 5.62. The minimum absolute atomic E-state index is 0.800. The molecule has 2 aliphatic rings. The van der Waals surface area contributed by atoms with Crippen molar-refractivity contribution in [3.8, 4) is 0 Å². The molecule has 0 aromatic heterocycles. The zero-order valence-corrected chi connectivity index (χ0v) is 11.0. The molecule has 1 saturated carbocycles. The van der Waals surface area contributed by atoms with Gasteiger partial charge in [-0.2, -0.15) is 0 Å². The summed E-state index contributed by atoms with van der Waals surface area (Å²) in [6.07, 6.45) is 8.64. The van der Waals surface area contributed by atoms with E-state index in [0.717, 1.165) is 18.0 Å². The van der Waals surface area contributed by atoms with Gasteiger partial charge in [-0.15, -0.1) is 0 Å². The molecule has 0 bridgehead atoms. The van der Waals surface area contributed by atoms with Gasteiger partial charge in [0.05, 0.1) is 0 Å². The Morgan fingerprint density at radius 3 is 2.50 bits per heavy atom. The van der Waals surface area contributed by atoms with Gasteiger partial charge in [0, 0.05) is 18.6 Å². The van der Waals surface area contributed by atoms with Gasteiger partial charge in [-0.1, -0.05) is 19.8 Å². The number of piperidine rings is 1. The van der Waals surface area contributed by atoms with E-state index in [2.05, 4.69) is 24.1 Å². The fraction of sp³-hybridized carbons (Fsp3) is 1.00. The monoisotopic (exact) mass is 224 g/mol. The summed E-state index contributed by atoms with van der Waals surface area (Å²) in [6, 6.07) is 1.60. The molecule has 2 atom stereocenters. The van der Waals surface area contributed by atoms with Crippen molar-refractivity contribution in [2.24, 2.45) is 5.92 Å². The third kappa shape index (κ3) is 2.78. The first-order valence-electron chi connectivity index (χ1n) is 7.29. The minimum Gasteiger partial charge on any atom is -0.315 e. The third-order valence-electron chi connectivity index (χ3n) is 4.71. The van der Waals surface area contributed by atoms with Crippen LogP contribution in [0, 0.1) is 5.92 Å². The predicted molar refractivity (Wildman–Crippen MR) is 69.7 cm³/mol. The first kappa shape index (κ1) is 12.4. The van der Waals surface area contributed by atoms with Crippen LogP contribution in [-0.2, 0) is 0 Å². The summed E-state index contributed by atoms with van der Waals surface area (Å²) < 4.78 is 0. The van der Waals surface area contributed by atoms with Crippen LogP contribution in [0.4, 0.5) is 0 Å². The maximum Gasteiger partial charge on any atom is 0.0223 e. The van der Waals surface area contributed by atoms with Crippen LogP contribution in [0.1, 0.15) is 52.4 Å². The Labute approximate surface area is 101 Å². The van der Waals surface area contributed by atoms with Gasteiger partial charge < -0.3 is 5.32 Å². The number of hydrogen-bond acceptors (Lipinski definition) is 2. The van der Waals surface area contributed by atoms with E-state index in [4.69, 9.17) is 0 Å². The van der Waals surface area contributed by atoms with Crippen molar-refractivity contribution < 1.29 is 0 Å². The molecule has 1 heterocycles. The molecule has 0 spiro atoms. The van der Waals surface area contributed by atoms with Crippen LogP contribution in [-0.4, -0.2) is 36.6 Å². The lowest BCUT2D eigenvalue weighted by molar-refractivity contribution is 0.0929. The van der Waals surface area contributed by atoms with Crippen LogP contribution < -0.4 is 5.32 Å². The number of likely N-dealkylation sites (N-methyl/N-ethyl adjacent to an activating group) is 1. The van der Waals surface area contributed by atoms with Crippen molar-refractivity contribution in [3.63, 3.8) is 0 Å². The fourth-order valence-corrected chi connectivity index (χ4v) is 3.71. The lowest BCUT2D eigenvalue weighted by atomic mass is 9.95. The second-order valence-corrected chi connectivity index (χ2v) is 5.62. The maximum atomic E-state index is 3.55. The molecule has 2 fully saturated rings. The molecular weight excluding hydrogens is 196 g/mol. The molecule has 2 nitrogen and oxygen atoms in total. The van der Waals surface area contributed by atoms with Crippen LogP contribution in [0.15, 0.2) is 0 Å². The predicted octanol–water partition coefficient (Wildman–Crippen LogP) is 2.64. The standard InChI is InChI=1S/C14H28N2/c1-3-16(14-9-6-10-15-11-14)12(2)13-7-4-5-8-13/h12-15H,3-11H2,1-2H3. The maximum absolute atomic E-state index is 3.55. The summed E-state index contributed by atoms with van der Waals surface area (Å²) in [5.74, 6) is 0.974.